The summed E-state index contributed by atoms with van der Waals surface area (Å²) in [4.78, 5) is 28.7. The van der Waals surface area contributed by atoms with Crippen molar-refractivity contribution in [3.8, 4) is 0 Å². The van der Waals surface area contributed by atoms with Gasteiger partial charge in [0.05, 0.1) is 18.3 Å². The Hall–Kier alpha value is -2.83. The molecule has 0 atom stereocenters. The van der Waals surface area contributed by atoms with E-state index in [0.29, 0.717) is 44.4 Å². The second-order valence-electron chi connectivity index (χ2n) is 7.74. The summed E-state index contributed by atoms with van der Waals surface area (Å²) in [6.07, 6.45) is 2.41. The standard InChI is InChI=1S/C22H28N4O3/c1-4-17(5-2)26-15(3)13-19(23-26)21(27)24-10-9-18-16(14-24)7-6-8-20(18)25-11-12-29-22(25)28/h6-8,13,17H,4-5,9-12,14H2,1-3H3. The summed E-state index contributed by atoms with van der Waals surface area (Å²) in [5.41, 5.74) is 4.66. The van der Waals surface area contributed by atoms with Crippen molar-refractivity contribution in [2.45, 2.75) is 52.6 Å². The lowest BCUT2D eigenvalue weighted by Crippen LogP contribution is -2.37. The molecule has 154 valence electrons. The fraction of sp³-hybridized carbons (Fsp3) is 0.500. The number of aromatic nitrogens is 2. The van der Waals surface area contributed by atoms with Gasteiger partial charge >= 0.3 is 6.09 Å². The minimum Gasteiger partial charge on any atom is -0.447 e. The van der Waals surface area contributed by atoms with Gasteiger partial charge in [-0.2, -0.15) is 5.10 Å². The van der Waals surface area contributed by atoms with Gasteiger partial charge in [0.2, 0.25) is 0 Å². The second kappa shape index (κ2) is 7.89. The SMILES string of the molecule is CCC(CC)n1nc(C(=O)N2CCc3c(cccc3N3CCOC3=O)C2)cc1C. The number of carbonyl (C=O) groups excluding carboxylic acids is 2. The summed E-state index contributed by atoms with van der Waals surface area (Å²) in [6.45, 7) is 8.44. The molecule has 0 aliphatic carbocycles. The predicted molar refractivity (Wildman–Crippen MR) is 110 cm³/mol. The number of nitrogens with zero attached hydrogens (tertiary/aromatic N) is 4. The summed E-state index contributed by atoms with van der Waals surface area (Å²) in [5, 5.41) is 4.63. The number of anilines is 1. The summed E-state index contributed by atoms with van der Waals surface area (Å²) in [6, 6.07) is 8.16. The van der Waals surface area contributed by atoms with Gasteiger partial charge in [-0.15, -0.1) is 0 Å². The third-order valence-corrected chi connectivity index (χ3v) is 6.01. The first kappa shape index (κ1) is 19.5. The molecule has 7 nitrogen and oxygen atoms in total. The molecule has 2 aromatic rings. The zero-order valence-electron chi connectivity index (χ0n) is 17.4. The highest BCUT2D eigenvalue weighted by Gasteiger charge is 2.30. The highest BCUT2D eigenvalue weighted by Crippen LogP contribution is 2.31. The summed E-state index contributed by atoms with van der Waals surface area (Å²) >= 11 is 0. The zero-order chi connectivity index (χ0) is 20.5. The normalized spacial score (nSPS) is 16.3. The number of amides is 2. The molecule has 0 bridgehead atoms. The molecule has 0 N–H and O–H groups in total. The van der Waals surface area contributed by atoms with Crippen LogP contribution >= 0.6 is 0 Å². The molecule has 29 heavy (non-hydrogen) atoms. The molecule has 4 rings (SSSR count). The zero-order valence-corrected chi connectivity index (χ0v) is 17.4. The van der Waals surface area contributed by atoms with Gasteiger partial charge in [0, 0.05) is 18.8 Å². The van der Waals surface area contributed by atoms with Gasteiger partial charge in [-0.05, 0) is 49.4 Å². The van der Waals surface area contributed by atoms with Crippen LogP contribution in [0.4, 0.5) is 10.5 Å². The van der Waals surface area contributed by atoms with Gasteiger partial charge < -0.3 is 9.64 Å². The summed E-state index contributed by atoms with van der Waals surface area (Å²) in [5.74, 6) is -0.0329. The van der Waals surface area contributed by atoms with Gasteiger partial charge in [-0.1, -0.05) is 26.0 Å². The van der Waals surface area contributed by atoms with Crippen LogP contribution in [0.3, 0.4) is 0 Å². The van der Waals surface area contributed by atoms with Crippen molar-refractivity contribution in [1.82, 2.24) is 14.7 Å². The molecule has 2 amide bonds. The van der Waals surface area contributed by atoms with Gasteiger partial charge in [-0.3, -0.25) is 14.4 Å². The van der Waals surface area contributed by atoms with Gasteiger partial charge in [0.1, 0.15) is 6.61 Å². The molecule has 1 aromatic carbocycles. The Morgan fingerprint density at radius 1 is 1.24 bits per heavy atom. The molecule has 0 unspecified atom stereocenters. The van der Waals surface area contributed by atoms with Crippen LogP contribution in [0.1, 0.15) is 60.0 Å². The quantitative estimate of drug-likeness (QED) is 0.773. The van der Waals surface area contributed by atoms with Gasteiger partial charge in [0.25, 0.3) is 5.91 Å². The Morgan fingerprint density at radius 2 is 2.03 bits per heavy atom. The fourth-order valence-corrected chi connectivity index (χ4v) is 4.39. The molecule has 2 aliphatic heterocycles. The fourth-order valence-electron chi connectivity index (χ4n) is 4.39. The van der Waals surface area contributed by atoms with E-state index < -0.39 is 0 Å². The molecule has 0 saturated carbocycles. The van der Waals surface area contributed by atoms with E-state index in [1.54, 1.807) is 4.90 Å². The van der Waals surface area contributed by atoms with E-state index >= 15 is 0 Å². The maximum Gasteiger partial charge on any atom is 0.414 e. The Morgan fingerprint density at radius 3 is 2.72 bits per heavy atom. The van der Waals surface area contributed by atoms with Crippen molar-refractivity contribution in [3.05, 3.63) is 46.8 Å². The molecule has 1 fully saturated rings. The van der Waals surface area contributed by atoms with Crippen LogP contribution in [0.5, 0.6) is 0 Å². The van der Waals surface area contributed by atoms with E-state index in [-0.39, 0.29) is 12.0 Å². The Bertz CT molecular complexity index is 932. The number of cyclic esters (lactones) is 1. The molecule has 1 aromatic heterocycles. The first-order valence-electron chi connectivity index (χ1n) is 10.4. The number of hydrogen-bond donors (Lipinski definition) is 0. The van der Waals surface area contributed by atoms with Gasteiger partial charge in [-0.25, -0.2) is 4.79 Å². The minimum atomic E-state index is -0.292. The van der Waals surface area contributed by atoms with E-state index in [1.165, 1.54) is 0 Å². The van der Waals surface area contributed by atoms with E-state index in [4.69, 9.17) is 4.74 Å². The Labute approximate surface area is 171 Å². The van der Waals surface area contributed by atoms with Crippen LogP contribution in [0.25, 0.3) is 0 Å². The summed E-state index contributed by atoms with van der Waals surface area (Å²) in [7, 11) is 0. The first-order valence-corrected chi connectivity index (χ1v) is 10.4. The number of fused-ring (bicyclic) bond motifs is 1. The minimum absolute atomic E-state index is 0.0329. The largest absolute Gasteiger partial charge is 0.447 e. The third kappa shape index (κ3) is 3.50. The van der Waals surface area contributed by atoms with Crippen LogP contribution in [0, 0.1) is 6.92 Å². The molecule has 0 radical (unpaired) electrons. The molecule has 7 heteroatoms. The topological polar surface area (TPSA) is 67.7 Å². The van der Waals surface area contributed by atoms with E-state index in [0.717, 1.165) is 35.3 Å². The molecule has 0 spiro atoms. The van der Waals surface area contributed by atoms with Crippen molar-refractivity contribution in [2.75, 3.05) is 24.6 Å². The maximum atomic E-state index is 13.1. The van der Waals surface area contributed by atoms with Crippen molar-refractivity contribution in [1.29, 1.82) is 0 Å². The van der Waals surface area contributed by atoms with Crippen molar-refractivity contribution in [3.63, 3.8) is 0 Å². The number of aryl methyl sites for hydroxylation is 1. The number of ether oxygens (including phenoxy) is 1. The Balaban J connectivity index is 1.55. The molecule has 3 heterocycles. The van der Waals surface area contributed by atoms with Crippen molar-refractivity contribution in [2.24, 2.45) is 0 Å². The maximum absolute atomic E-state index is 13.1. The van der Waals surface area contributed by atoms with Crippen LogP contribution in [0.15, 0.2) is 24.3 Å². The molecule has 2 aliphatic rings. The van der Waals surface area contributed by atoms with Crippen molar-refractivity contribution >= 4 is 17.7 Å². The van der Waals surface area contributed by atoms with Crippen LogP contribution in [-0.2, 0) is 17.7 Å². The number of benzene rings is 1. The lowest BCUT2D eigenvalue weighted by molar-refractivity contribution is 0.0727. The third-order valence-electron chi connectivity index (χ3n) is 6.01. The van der Waals surface area contributed by atoms with E-state index in [1.807, 2.05) is 40.8 Å². The van der Waals surface area contributed by atoms with E-state index in [9.17, 15) is 9.59 Å². The average Bonchev–Trinajstić information content (AvgIpc) is 3.33. The van der Waals surface area contributed by atoms with Crippen molar-refractivity contribution < 1.29 is 14.3 Å². The highest BCUT2D eigenvalue weighted by atomic mass is 16.6. The van der Waals surface area contributed by atoms with E-state index in [2.05, 4.69) is 18.9 Å². The van der Waals surface area contributed by atoms with Crippen LogP contribution in [0.2, 0.25) is 0 Å². The monoisotopic (exact) mass is 396 g/mol. The highest BCUT2D eigenvalue weighted by molar-refractivity contribution is 5.93. The van der Waals surface area contributed by atoms with Gasteiger partial charge in [0.15, 0.2) is 5.69 Å². The average molecular weight is 396 g/mol. The Kier molecular flexibility index (Phi) is 5.30. The molecule has 1 saturated heterocycles. The van der Waals surface area contributed by atoms with Crippen LogP contribution in [-0.4, -0.2) is 46.4 Å². The molecular weight excluding hydrogens is 368 g/mol. The lowest BCUT2D eigenvalue weighted by atomic mass is 9.97. The van der Waals surface area contributed by atoms with Crippen LogP contribution < -0.4 is 4.90 Å². The number of hydrogen-bond acceptors (Lipinski definition) is 4. The lowest BCUT2D eigenvalue weighted by Gasteiger charge is -2.31. The molecular formula is C22H28N4O3. The number of rotatable bonds is 5. The predicted octanol–water partition coefficient (Wildman–Crippen LogP) is 3.71. The second-order valence-corrected chi connectivity index (χ2v) is 7.74. The smallest absolute Gasteiger partial charge is 0.414 e. The first-order chi connectivity index (χ1) is 14.0. The number of carbonyl (C=O) groups is 2. The summed E-state index contributed by atoms with van der Waals surface area (Å²) < 4.78 is 7.08.